The molecule has 0 unspecified atom stereocenters. The van der Waals surface area contributed by atoms with Gasteiger partial charge in [0.05, 0.1) is 7.11 Å². The van der Waals surface area contributed by atoms with Gasteiger partial charge >= 0.3 is 0 Å². The van der Waals surface area contributed by atoms with Crippen LogP contribution in [0.5, 0.6) is 5.75 Å². The molecule has 1 aromatic carbocycles. The Bertz CT molecular complexity index is 380. The highest BCUT2D eigenvalue weighted by atomic mass is 16.5. The maximum absolute atomic E-state index is 11.0. The Kier molecular flexibility index (Phi) is 3.88. The molecule has 0 saturated carbocycles. The largest absolute Gasteiger partial charge is 0.497 e. The molecule has 0 bridgehead atoms. The van der Waals surface area contributed by atoms with Gasteiger partial charge in [0.15, 0.2) is 0 Å². The van der Waals surface area contributed by atoms with E-state index in [2.05, 4.69) is 0 Å². The summed E-state index contributed by atoms with van der Waals surface area (Å²) in [6, 6.07) is 7.65. The van der Waals surface area contributed by atoms with Crippen LogP contribution in [0.1, 0.15) is 26.3 Å². The Balaban J connectivity index is 3.00. The Morgan fingerprint density at radius 1 is 1.19 bits per heavy atom. The second kappa shape index (κ2) is 4.97. The average molecular weight is 218 g/mol. The number of carbonyl (C=O) groups excluding carboxylic acids is 1. The van der Waals surface area contributed by atoms with Crippen molar-refractivity contribution in [1.82, 2.24) is 0 Å². The molecule has 1 aromatic rings. The zero-order valence-electron chi connectivity index (χ0n) is 10.3. The average Bonchev–Trinajstić information content (AvgIpc) is 2.25. The number of rotatable bonds is 3. The molecule has 1 rings (SSSR count). The number of ether oxygens (including phenoxy) is 1. The van der Waals surface area contributed by atoms with Gasteiger partial charge in [-0.1, -0.05) is 32.9 Å². The summed E-state index contributed by atoms with van der Waals surface area (Å²) in [4.78, 5) is 11.0. The van der Waals surface area contributed by atoms with Crippen LogP contribution in [0.15, 0.2) is 29.8 Å². The van der Waals surface area contributed by atoms with Crippen molar-refractivity contribution in [2.24, 2.45) is 5.41 Å². The van der Waals surface area contributed by atoms with Gasteiger partial charge in [-0.25, -0.2) is 0 Å². The fourth-order valence-electron chi connectivity index (χ4n) is 1.31. The molecular weight excluding hydrogens is 200 g/mol. The number of carbonyl (C=O) groups is 1. The highest BCUT2D eigenvalue weighted by Crippen LogP contribution is 2.25. The topological polar surface area (TPSA) is 26.3 Å². The van der Waals surface area contributed by atoms with Gasteiger partial charge in [-0.3, -0.25) is 4.79 Å². The van der Waals surface area contributed by atoms with Crippen molar-refractivity contribution in [3.05, 3.63) is 35.4 Å². The summed E-state index contributed by atoms with van der Waals surface area (Å²) < 4.78 is 5.08. The van der Waals surface area contributed by atoms with E-state index in [0.717, 1.165) is 23.2 Å². The maximum Gasteiger partial charge on any atom is 0.146 e. The van der Waals surface area contributed by atoms with Gasteiger partial charge in [0, 0.05) is 0 Å². The summed E-state index contributed by atoms with van der Waals surface area (Å²) in [6.45, 7) is 6.07. The smallest absolute Gasteiger partial charge is 0.146 e. The van der Waals surface area contributed by atoms with Gasteiger partial charge in [0.1, 0.15) is 12.0 Å². The van der Waals surface area contributed by atoms with Crippen LogP contribution >= 0.6 is 0 Å². The van der Waals surface area contributed by atoms with Crippen molar-refractivity contribution < 1.29 is 9.53 Å². The minimum Gasteiger partial charge on any atom is -0.497 e. The van der Waals surface area contributed by atoms with E-state index in [4.69, 9.17) is 4.74 Å². The van der Waals surface area contributed by atoms with Gasteiger partial charge in [0.25, 0.3) is 0 Å². The lowest BCUT2D eigenvalue weighted by atomic mass is 9.86. The van der Waals surface area contributed by atoms with Gasteiger partial charge in [0.2, 0.25) is 0 Å². The molecular formula is C14H18O2. The molecule has 0 atom stereocenters. The fourth-order valence-corrected chi connectivity index (χ4v) is 1.31. The molecule has 0 spiro atoms. The Morgan fingerprint density at radius 3 is 2.12 bits per heavy atom. The first-order valence-electron chi connectivity index (χ1n) is 5.29. The van der Waals surface area contributed by atoms with Gasteiger partial charge in [-0.15, -0.1) is 0 Å². The van der Waals surface area contributed by atoms with Crippen LogP contribution in [-0.4, -0.2) is 13.4 Å². The van der Waals surface area contributed by atoms with Gasteiger partial charge in [-0.2, -0.15) is 0 Å². The second-order valence-electron chi connectivity index (χ2n) is 4.74. The summed E-state index contributed by atoms with van der Waals surface area (Å²) >= 11 is 0. The highest BCUT2D eigenvalue weighted by molar-refractivity contribution is 5.83. The van der Waals surface area contributed by atoms with E-state index in [1.807, 2.05) is 51.1 Å². The quantitative estimate of drug-likeness (QED) is 0.574. The molecule has 0 amide bonds. The molecule has 0 aliphatic rings. The number of aldehydes is 1. The number of benzene rings is 1. The lowest BCUT2D eigenvalue weighted by molar-refractivity contribution is -0.105. The summed E-state index contributed by atoms with van der Waals surface area (Å²) in [5.41, 5.74) is 1.68. The standard InChI is InChI=1S/C14H18O2/c1-14(2,3)12(10-15)9-11-5-7-13(16-4)8-6-11/h5-10H,1-4H3/b12-9+. The van der Waals surface area contributed by atoms with E-state index >= 15 is 0 Å². The van der Waals surface area contributed by atoms with Gasteiger partial charge < -0.3 is 4.74 Å². The van der Waals surface area contributed by atoms with Gasteiger partial charge in [-0.05, 0) is 34.8 Å². The molecule has 0 aliphatic carbocycles. The molecule has 2 heteroatoms. The number of methoxy groups -OCH3 is 1. The number of hydrogen-bond acceptors (Lipinski definition) is 2. The van der Waals surface area contributed by atoms with Crippen LogP contribution in [0.4, 0.5) is 0 Å². The fraction of sp³-hybridized carbons (Fsp3) is 0.357. The van der Waals surface area contributed by atoms with Crippen molar-refractivity contribution >= 4 is 12.4 Å². The minimum atomic E-state index is -0.123. The molecule has 0 heterocycles. The first-order chi connectivity index (χ1) is 7.47. The van der Waals surface area contributed by atoms with Crippen LogP contribution in [0.3, 0.4) is 0 Å². The zero-order chi connectivity index (χ0) is 12.2. The SMILES string of the molecule is COc1ccc(/C=C(\C=O)C(C)(C)C)cc1. The van der Waals surface area contributed by atoms with Crippen LogP contribution in [-0.2, 0) is 4.79 Å². The second-order valence-corrected chi connectivity index (χ2v) is 4.74. The van der Waals surface area contributed by atoms with E-state index in [1.54, 1.807) is 7.11 Å². The van der Waals surface area contributed by atoms with E-state index in [9.17, 15) is 4.79 Å². The molecule has 0 radical (unpaired) electrons. The van der Waals surface area contributed by atoms with Crippen molar-refractivity contribution in [1.29, 1.82) is 0 Å². The highest BCUT2D eigenvalue weighted by Gasteiger charge is 2.15. The lowest BCUT2D eigenvalue weighted by Gasteiger charge is -2.18. The predicted octanol–water partition coefficient (Wildman–Crippen LogP) is 3.32. The number of allylic oxidation sites excluding steroid dienone is 1. The Labute approximate surface area is 96.9 Å². The third kappa shape index (κ3) is 3.23. The minimum absolute atomic E-state index is 0.123. The van der Waals surface area contributed by atoms with E-state index in [1.165, 1.54) is 0 Å². The molecule has 0 aromatic heterocycles. The summed E-state index contributed by atoms with van der Waals surface area (Å²) in [5, 5.41) is 0. The van der Waals surface area contributed by atoms with Crippen LogP contribution in [0.25, 0.3) is 6.08 Å². The first-order valence-corrected chi connectivity index (χ1v) is 5.29. The van der Waals surface area contributed by atoms with Crippen LogP contribution < -0.4 is 4.74 Å². The molecule has 16 heavy (non-hydrogen) atoms. The van der Waals surface area contributed by atoms with E-state index in [-0.39, 0.29) is 5.41 Å². The maximum atomic E-state index is 11.0. The predicted molar refractivity (Wildman–Crippen MR) is 66.5 cm³/mol. The normalized spacial score (nSPS) is 12.4. The van der Waals surface area contributed by atoms with Crippen molar-refractivity contribution in [3.8, 4) is 5.75 Å². The lowest BCUT2D eigenvalue weighted by Crippen LogP contribution is -2.10. The summed E-state index contributed by atoms with van der Waals surface area (Å²) in [6.07, 6.45) is 2.83. The molecule has 0 saturated heterocycles. The van der Waals surface area contributed by atoms with E-state index in [0.29, 0.717) is 0 Å². The molecule has 2 nitrogen and oxygen atoms in total. The molecule has 86 valence electrons. The molecule has 0 N–H and O–H groups in total. The molecule has 0 aliphatic heterocycles. The summed E-state index contributed by atoms with van der Waals surface area (Å²) in [5.74, 6) is 0.820. The van der Waals surface area contributed by atoms with Crippen LogP contribution in [0, 0.1) is 5.41 Å². The van der Waals surface area contributed by atoms with Crippen molar-refractivity contribution in [2.75, 3.05) is 7.11 Å². The Hall–Kier alpha value is -1.57. The zero-order valence-corrected chi connectivity index (χ0v) is 10.3. The van der Waals surface area contributed by atoms with E-state index < -0.39 is 0 Å². The first kappa shape index (κ1) is 12.5. The summed E-state index contributed by atoms with van der Waals surface area (Å²) in [7, 11) is 1.64. The van der Waals surface area contributed by atoms with Crippen LogP contribution in [0.2, 0.25) is 0 Å². The van der Waals surface area contributed by atoms with Crippen molar-refractivity contribution in [2.45, 2.75) is 20.8 Å². The number of hydrogen-bond donors (Lipinski definition) is 0. The monoisotopic (exact) mass is 218 g/mol. The Morgan fingerprint density at radius 2 is 1.75 bits per heavy atom. The third-order valence-corrected chi connectivity index (χ3v) is 2.43. The third-order valence-electron chi connectivity index (χ3n) is 2.43. The van der Waals surface area contributed by atoms with Crippen molar-refractivity contribution in [3.63, 3.8) is 0 Å². The molecule has 0 fully saturated rings.